The van der Waals surface area contributed by atoms with Crippen LogP contribution in [0.25, 0.3) is 5.69 Å². The van der Waals surface area contributed by atoms with Crippen molar-refractivity contribution in [3.05, 3.63) is 72.3 Å². The second-order valence-electron chi connectivity index (χ2n) is 6.33. The van der Waals surface area contributed by atoms with Gasteiger partial charge in [0.2, 0.25) is 0 Å². The average molecular weight is 363 g/mol. The van der Waals surface area contributed by atoms with E-state index in [1.807, 2.05) is 47.4 Å². The third-order valence-electron chi connectivity index (χ3n) is 4.70. The maximum Gasteiger partial charge on any atom is 0.278 e. The molecule has 4 rings (SSSR count). The van der Waals surface area contributed by atoms with Gasteiger partial charge in [-0.2, -0.15) is 5.10 Å². The molecule has 0 spiro atoms. The highest BCUT2D eigenvalue weighted by Gasteiger charge is 2.32. The van der Waals surface area contributed by atoms with E-state index in [9.17, 15) is 4.79 Å². The van der Waals surface area contributed by atoms with Gasteiger partial charge in [-0.25, -0.2) is 4.68 Å². The first-order chi connectivity index (χ1) is 13.3. The summed E-state index contributed by atoms with van der Waals surface area (Å²) in [7, 11) is 1.56. The molecule has 0 radical (unpaired) electrons. The molecule has 0 bridgehead atoms. The summed E-state index contributed by atoms with van der Waals surface area (Å²) in [6, 6.07) is 13.5. The minimum Gasteiger partial charge on any atom is -0.493 e. The van der Waals surface area contributed by atoms with Crippen LogP contribution < -0.4 is 10.1 Å². The first-order valence-electron chi connectivity index (χ1n) is 8.88. The lowest BCUT2D eigenvalue weighted by molar-refractivity contribution is 0.0624. The first kappa shape index (κ1) is 17.2. The van der Waals surface area contributed by atoms with Crippen LogP contribution in [0.5, 0.6) is 5.75 Å². The molecule has 1 saturated heterocycles. The number of piperazine rings is 1. The van der Waals surface area contributed by atoms with Crippen LogP contribution in [0.15, 0.2) is 61.1 Å². The third-order valence-corrected chi connectivity index (χ3v) is 4.70. The second-order valence-corrected chi connectivity index (χ2v) is 6.33. The van der Waals surface area contributed by atoms with Crippen LogP contribution >= 0.6 is 0 Å². The number of ether oxygens (including phenoxy) is 1. The molecule has 1 aliphatic rings. The van der Waals surface area contributed by atoms with Crippen molar-refractivity contribution in [1.29, 1.82) is 0 Å². The molecule has 1 unspecified atom stereocenters. The standard InChI is InChI=1S/C20H21N5O2/c1-27-18-14-25(16-7-3-2-4-8-16)23-19(18)20(26)24-11-10-22-13-17(24)15-6-5-9-21-12-15/h2-9,12,14,17,22H,10-11,13H2,1H3. The van der Waals surface area contributed by atoms with Crippen molar-refractivity contribution in [2.75, 3.05) is 26.7 Å². The average Bonchev–Trinajstić information content (AvgIpc) is 3.19. The number of hydrogen-bond acceptors (Lipinski definition) is 5. The normalized spacial score (nSPS) is 16.9. The summed E-state index contributed by atoms with van der Waals surface area (Å²) < 4.78 is 7.12. The zero-order valence-corrected chi connectivity index (χ0v) is 15.1. The maximum absolute atomic E-state index is 13.3. The van der Waals surface area contributed by atoms with Crippen LogP contribution in [0.3, 0.4) is 0 Å². The molecule has 1 fully saturated rings. The molecule has 1 atom stereocenters. The van der Waals surface area contributed by atoms with Crippen LogP contribution in [0, 0.1) is 0 Å². The number of nitrogens with one attached hydrogen (secondary N) is 1. The van der Waals surface area contributed by atoms with E-state index >= 15 is 0 Å². The van der Waals surface area contributed by atoms with Gasteiger partial charge in [-0.1, -0.05) is 24.3 Å². The Morgan fingerprint density at radius 2 is 2.07 bits per heavy atom. The molecule has 1 amide bonds. The zero-order chi connectivity index (χ0) is 18.6. The molecule has 138 valence electrons. The van der Waals surface area contributed by atoms with Gasteiger partial charge in [0.15, 0.2) is 11.4 Å². The van der Waals surface area contributed by atoms with Crippen LogP contribution in [0.2, 0.25) is 0 Å². The molecule has 2 aromatic heterocycles. The number of methoxy groups -OCH3 is 1. The Kier molecular flexibility index (Phi) is 4.84. The Morgan fingerprint density at radius 1 is 1.22 bits per heavy atom. The van der Waals surface area contributed by atoms with Crippen molar-refractivity contribution < 1.29 is 9.53 Å². The first-order valence-corrected chi connectivity index (χ1v) is 8.88. The summed E-state index contributed by atoms with van der Waals surface area (Å²) in [5.41, 5.74) is 2.19. The summed E-state index contributed by atoms with van der Waals surface area (Å²) in [4.78, 5) is 19.4. The Bertz CT molecular complexity index is 911. The van der Waals surface area contributed by atoms with Crippen LogP contribution in [-0.2, 0) is 0 Å². The molecule has 1 aromatic carbocycles. The van der Waals surface area contributed by atoms with Gasteiger partial charge in [-0.15, -0.1) is 0 Å². The lowest BCUT2D eigenvalue weighted by atomic mass is 10.0. The van der Waals surface area contributed by atoms with E-state index in [4.69, 9.17) is 4.74 Å². The van der Waals surface area contributed by atoms with Crippen molar-refractivity contribution in [3.63, 3.8) is 0 Å². The lowest BCUT2D eigenvalue weighted by Crippen LogP contribution is -2.48. The number of aromatic nitrogens is 3. The monoisotopic (exact) mass is 363 g/mol. The van der Waals surface area contributed by atoms with Crippen LogP contribution in [0.4, 0.5) is 0 Å². The van der Waals surface area contributed by atoms with Crippen molar-refractivity contribution in [2.45, 2.75) is 6.04 Å². The molecule has 7 nitrogen and oxygen atoms in total. The number of carbonyl (C=O) groups is 1. The third kappa shape index (κ3) is 3.41. The maximum atomic E-state index is 13.3. The predicted octanol–water partition coefficient (Wildman–Crippen LogP) is 2.06. The minimum absolute atomic E-state index is 0.0912. The molecular weight excluding hydrogens is 342 g/mol. The van der Waals surface area contributed by atoms with Crippen molar-refractivity contribution >= 4 is 5.91 Å². The Hall–Kier alpha value is -3.19. The number of nitrogens with zero attached hydrogens (tertiary/aromatic N) is 4. The summed E-state index contributed by atoms with van der Waals surface area (Å²) in [5.74, 6) is 0.323. The largest absolute Gasteiger partial charge is 0.493 e. The van der Waals surface area contributed by atoms with Crippen molar-refractivity contribution in [3.8, 4) is 11.4 Å². The van der Waals surface area contributed by atoms with E-state index < -0.39 is 0 Å². The molecule has 3 heterocycles. The highest BCUT2D eigenvalue weighted by atomic mass is 16.5. The van der Waals surface area contributed by atoms with E-state index in [1.165, 1.54) is 0 Å². The van der Waals surface area contributed by atoms with E-state index in [0.717, 1.165) is 17.8 Å². The number of amides is 1. The summed E-state index contributed by atoms with van der Waals surface area (Å²) in [6.45, 7) is 2.02. The smallest absolute Gasteiger partial charge is 0.278 e. The molecule has 1 aliphatic heterocycles. The molecule has 0 aliphatic carbocycles. The Morgan fingerprint density at radius 3 is 2.81 bits per heavy atom. The van der Waals surface area contributed by atoms with E-state index in [-0.39, 0.29) is 11.9 Å². The topological polar surface area (TPSA) is 72.3 Å². The van der Waals surface area contributed by atoms with Gasteiger partial charge in [0, 0.05) is 32.0 Å². The summed E-state index contributed by atoms with van der Waals surface area (Å²) >= 11 is 0. The number of carbonyl (C=O) groups excluding carboxylic acids is 1. The Balaban J connectivity index is 1.68. The van der Waals surface area contributed by atoms with E-state index in [2.05, 4.69) is 15.4 Å². The van der Waals surface area contributed by atoms with E-state index in [1.54, 1.807) is 30.4 Å². The van der Waals surface area contributed by atoms with Gasteiger partial charge in [0.1, 0.15) is 0 Å². The van der Waals surface area contributed by atoms with Crippen LogP contribution in [0.1, 0.15) is 22.1 Å². The highest BCUT2D eigenvalue weighted by molar-refractivity contribution is 5.95. The van der Waals surface area contributed by atoms with Crippen molar-refractivity contribution in [2.24, 2.45) is 0 Å². The molecule has 3 aromatic rings. The van der Waals surface area contributed by atoms with Gasteiger partial charge < -0.3 is 15.0 Å². The number of pyridine rings is 1. The van der Waals surface area contributed by atoms with Gasteiger partial charge in [0.05, 0.1) is 25.0 Å². The quantitative estimate of drug-likeness (QED) is 0.768. The van der Waals surface area contributed by atoms with Gasteiger partial charge in [0.25, 0.3) is 5.91 Å². The SMILES string of the molecule is COc1cn(-c2ccccc2)nc1C(=O)N1CCNCC1c1cccnc1. The number of rotatable bonds is 4. The fourth-order valence-electron chi connectivity index (χ4n) is 3.32. The number of para-hydroxylation sites is 1. The lowest BCUT2D eigenvalue weighted by Gasteiger charge is -2.36. The number of hydrogen-bond donors (Lipinski definition) is 1. The number of benzene rings is 1. The van der Waals surface area contributed by atoms with Crippen LogP contribution in [-0.4, -0.2) is 52.3 Å². The summed E-state index contributed by atoms with van der Waals surface area (Å²) in [6.07, 6.45) is 5.28. The molecule has 0 saturated carbocycles. The van der Waals surface area contributed by atoms with Gasteiger partial charge >= 0.3 is 0 Å². The van der Waals surface area contributed by atoms with E-state index in [0.29, 0.717) is 24.5 Å². The fourth-order valence-corrected chi connectivity index (χ4v) is 3.32. The molecule has 7 heteroatoms. The second kappa shape index (κ2) is 7.59. The molecule has 1 N–H and O–H groups in total. The fraction of sp³-hybridized carbons (Fsp3) is 0.250. The molecular formula is C20H21N5O2. The van der Waals surface area contributed by atoms with Crippen molar-refractivity contribution in [1.82, 2.24) is 25.0 Å². The molecule has 27 heavy (non-hydrogen) atoms. The van der Waals surface area contributed by atoms with Gasteiger partial charge in [-0.3, -0.25) is 9.78 Å². The summed E-state index contributed by atoms with van der Waals surface area (Å²) in [5, 5.41) is 7.87. The minimum atomic E-state index is -0.142. The Labute approximate surface area is 157 Å². The highest BCUT2D eigenvalue weighted by Crippen LogP contribution is 2.27. The van der Waals surface area contributed by atoms with Gasteiger partial charge in [-0.05, 0) is 23.8 Å². The zero-order valence-electron chi connectivity index (χ0n) is 15.1. The predicted molar refractivity (Wildman–Crippen MR) is 101 cm³/mol.